The second kappa shape index (κ2) is 10.7. The summed E-state index contributed by atoms with van der Waals surface area (Å²) in [5.41, 5.74) is 3.34. The van der Waals surface area contributed by atoms with E-state index in [9.17, 15) is 9.59 Å². The first-order valence-electron chi connectivity index (χ1n) is 12.3. The van der Waals surface area contributed by atoms with E-state index in [-0.39, 0.29) is 11.7 Å². The van der Waals surface area contributed by atoms with Gasteiger partial charge >= 0.3 is 0 Å². The fourth-order valence-corrected chi connectivity index (χ4v) is 4.74. The number of rotatable bonds is 9. The van der Waals surface area contributed by atoms with Gasteiger partial charge in [-0.25, -0.2) is 4.98 Å². The molecule has 9 nitrogen and oxygen atoms in total. The maximum absolute atomic E-state index is 14.0. The van der Waals surface area contributed by atoms with Crippen molar-refractivity contribution in [2.24, 2.45) is 0 Å². The van der Waals surface area contributed by atoms with E-state index in [0.717, 1.165) is 11.0 Å². The molecule has 3 aromatic carbocycles. The Bertz CT molecular complexity index is 1460. The van der Waals surface area contributed by atoms with Crippen molar-refractivity contribution in [3.63, 3.8) is 0 Å². The van der Waals surface area contributed by atoms with Crippen molar-refractivity contribution in [1.29, 1.82) is 0 Å². The third-order valence-corrected chi connectivity index (χ3v) is 6.56. The van der Waals surface area contributed by atoms with Gasteiger partial charge in [-0.05, 0) is 30.7 Å². The first kappa shape index (κ1) is 24.9. The summed E-state index contributed by atoms with van der Waals surface area (Å²) in [7, 11) is 4.94. The number of Topliss-reactive ketones (excluding diaryl/α,β-unsaturated/α-hetero) is 1. The molecule has 38 heavy (non-hydrogen) atoms. The Balaban J connectivity index is 1.53. The lowest BCUT2D eigenvalue weighted by atomic mass is 10.0. The van der Waals surface area contributed by atoms with Crippen LogP contribution in [0.5, 0.6) is 11.5 Å². The van der Waals surface area contributed by atoms with E-state index in [2.05, 4.69) is 15.6 Å². The number of benzene rings is 3. The van der Waals surface area contributed by atoms with E-state index < -0.39 is 6.04 Å². The normalized spacial score (nSPS) is 15.2. The van der Waals surface area contributed by atoms with Crippen molar-refractivity contribution in [3.05, 3.63) is 90.0 Å². The molecule has 1 aliphatic heterocycles. The SMILES string of the molecule is CNC1=C(c2nc3ccccc3[nH]2)C(=O)C(CCNC(=O)c2ccccc2)N1c1cc(OC)cc(OC)c1. The van der Waals surface area contributed by atoms with Crippen LogP contribution in [0.2, 0.25) is 0 Å². The average molecular weight is 512 g/mol. The second-order valence-corrected chi connectivity index (χ2v) is 8.81. The smallest absolute Gasteiger partial charge is 0.251 e. The predicted octanol–water partition coefficient (Wildman–Crippen LogP) is 3.75. The number of para-hydroxylation sites is 2. The summed E-state index contributed by atoms with van der Waals surface area (Å²) in [5.74, 6) is 1.97. The Morgan fingerprint density at radius 2 is 1.68 bits per heavy atom. The number of hydrogen-bond acceptors (Lipinski definition) is 7. The lowest BCUT2D eigenvalue weighted by Crippen LogP contribution is -2.40. The van der Waals surface area contributed by atoms with Crippen LogP contribution < -0.4 is 25.0 Å². The van der Waals surface area contributed by atoms with Crippen molar-refractivity contribution in [2.75, 3.05) is 32.7 Å². The molecule has 0 saturated carbocycles. The Hall–Kier alpha value is -4.79. The highest BCUT2D eigenvalue weighted by Crippen LogP contribution is 2.39. The number of carbonyl (C=O) groups excluding carboxylic acids is 2. The van der Waals surface area contributed by atoms with E-state index in [1.54, 1.807) is 39.5 Å². The van der Waals surface area contributed by atoms with Crippen LogP contribution in [-0.4, -0.2) is 55.5 Å². The minimum absolute atomic E-state index is 0.107. The average Bonchev–Trinajstić information content (AvgIpc) is 3.51. The summed E-state index contributed by atoms with van der Waals surface area (Å²) in [6.45, 7) is 0.298. The maximum Gasteiger partial charge on any atom is 0.251 e. The zero-order valence-corrected chi connectivity index (χ0v) is 21.4. The van der Waals surface area contributed by atoms with E-state index >= 15 is 0 Å². The minimum Gasteiger partial charge on any atom is -0.497 e. The Morgan fingerprint density at radius 1 is 1.00 bits per heavy atom. The summed E-state index contributed by atoms with van der Waals surface area (Å²) in [4.78, 5) is 36.6. The molecule has 0 aliphatic carbocycles. The Labute approximate surface area is 220 Å². The van der Waals surface area contributed by atoms with Gasteiger partial charge in [0.2, 0.25) is 0 Å². The summed E-state index contributed by atoms with van der Waals surface area (Å²) in [6, 6.07) is 21.5. The lowest BCUT2D eigenvalue weighted by Gasteiger charge is -2.29. The number of nitrogens with one attached hydrogen (secondary N) is 3. The number of carbonyl (C=O) groups is 2. The molecular formula is C29H29N5O4. The number of ether oxygens (including phenoxy) is 2. The summed E-state index contributed by atoms with van der Waals surface area (Å²) < 4.78 is 11.0. The van der Waals surface area contributed by atoms with Crippen LogP contribution in [0.3, 0.4) is 0 Å². The van der Waals surface area contributed by atoms with Gasteiger partial charge in [0, 0.05) is 37.4 Å². The topological polar surface area (TPSA) is 109 Å². The first-order chi connectivity index (χ1) is 18.5. The Kier molecular flexibility index (Phi) is 6.99. The molecule has 9 heteroatoms. The zero-order valence-electron chi connectivity index (χ0n) is 21.4. The fraction of sp³-hybridized carbons (Fsp3) is 0.207. The van der Waals surface area contributed by atoms with E-state index in [0.29, 0.717) is 52.9 Å². The number of hydrogen-bond donors (Lipinski definition) is 3. The van der Waals surface area contributed by atoms with Gasteiger partial charge in [0.15, 0.2) is 5.78 Å². The van der Waals surface area contributed by atoms with Crippen molar-refractivity contribution >= 4 is 34.0 Å². The standard InChI is InChI=1S/C29H29N5O4/c1-30-28-25(27-32-22-11-7-8-12-23(22)33-27)26(35)24(13-14-31-29(36)18-9-5-4-6-10-18)34(28)19-15-20(37-2)17-21(16-19)38-3/h4-12,15-17,24,30H,13-14H2,1-3H3,(H,31,36)(H,32,33). The van der Waals surface area contributed by atoms with Crippen molar-refractivity contribution in [1.82, 2.24) is 20.6 Å². The van der Waals surface area contributed by atoms with Crippen LogP contribution in [0.15, 0.2) is 78.6 Å². The van der Waals surface area contributed by atoms with E-state index in [4.69, 9.17) is 14.5 Å². The quantitative estimate of drug-likeness (QED) is 0.314. The molecule has 1 atom stereocenters. The van der Waals surface area contributed by atoms with Crippen LogP contribution in [0.25, 0.3) is 16.6 Å². The van der Waals surface area contributed by atoms with Gasteiger partial charge in [0.05, 0.1) is 30.9 Å². The molecule has 5 rings (SSSR count). The van der Waals surface area contributed by atoms with Gasteiger partial charge in [-0.2, -0.15) is 0 Å². The van der Waals surface area contributed by atoms with Crippen LogP contribution in [-0.2, 0) is 4.79 Å². The lowest BCUT2D eigenvalue weighted by molar-refractivity contribution is -0.114. The molecule has 0 spiro atoms. The van der Waals surface area contributed by atoms with Gasteiger partial charge in [-0.15, -0.1) is 0 Å². The summed E-state index contributed by atoms with van der Waals surface area (Å²) in [5, 5.41) is 6.16. The molecule has 0 radical (unpaired) electrons. The molecule has 0 bridgehead atoms. The van der Waals surface area contributed by atoms with E-state index in [1.807, 2.05) is 59.5 Å². The highest BCUT2D eigenvalue weighted by molar-refractivity contribution is 6.28. The molecule has 1 amide bonds. The van der Waals surface area contributed by atoms with Gasteiger partial charge in [-0.3, -0.25) is 9.59 Å². The molecule has 1 aromatic heterocycles. The number of nitrogens with zero attached hydrogens (tertiary/aromatic N) is 2. The number of anilines is 1. The summed E-state index contributed by atoms with van der Waals surface area (Å²) in [6.07, 6.45) is 0.367. The van der Waals surface area contributed by atoms with Crippen LogP contribution in [0.4, 0.5) is 5.69 Å². The number of amides is 1. The predicted molar refractivity (Wildman–Crippen MR) is 146 cm³/mol. The molecular weight excluding hydrogens is 482 g/mol. The third-order valence-electron chi connectivity index (χ3n) is 6.56. The van der Waals surface area contributed by atoms with Crippen LogP contribution >= 0.6 is 0 Å². The number of ketones is 1. The molecule has 4 aromatic rings. The molecule has 194 valence electrons. The molecule has 2 heterocycles. The van der Waals surface area contributed by atoms with Gasteiger partial charge in [0.25, 0.3) is 5.91 Å². The minimum atomic E-state index is -0.603. The second-order valence-electron chi connectivity index (χ2n) is 8.81. The van der Waals surface area contributed by atoms with Crippen LogP contribution in [0.1, 0.15) is 22.6 Å². The maximum atomic E-state index is 14.0. The Morgan fingerprint density at radius 3 is 2.34 bits per heavy atom. The van der Waals surface area contributed by atoms with Gasteiger partial charge < -0.3 is 30.0 Å². The first-order valence-corrected chi connectivity index (χ1v) is 12.3. The highest BCUT2D eigenvalue weighted by atomic mass is 16.5. The zero-order chi connectivity index (χ0) is 26.6. The summed E-state index contributed by atoms with van der Waals surface area (Å²) >= 11 is 0. The molecule has 1 unspecified atom stereocenters. The molecule has 0 saturated heterocycles. The van der Waals surface area contributed by atoms with Crippen molar-refractivity contribution < 1.29 is 19.1 Å². The molecule has 3 N–H and O–H groups in total. The molecule has 1 aliphatic rings. The third kappa shape index (κ3) is 4.66. The number of fused-ring (bicyclic) bond motifs is 1. The molecule has 0 fully saturated rings. The highest BCUT2D eigenvalue weighted by Gasteiger charge is 2.42. The van der Waals surface area contributed by atoms with Crippen molar-refractivity contribution in [2.45, 2.75) is 12.5 Å². The van der Waals surface area contributed by atoms with E-state index in [1.165, 1.54) is 0 Å². The number of methoxy groups -OCH3 is 2. The monoisotopic (exact) mass is 511 g/mol. The fourth-order valence-electron chi connectivity index (χ4n) is 4.74. The van der Waals surface area contributed by atoms with Gasteiger partial charge in [-0.1, -0.05) is 30.3 Å². The number of imidazole rings is 1. The van der Waals surface area contributed by atoms with Crippen molar-refractivity contribution in [3.8, 4) is 11.5 Å². The number of aromatic nitrogens is 2. The number of H-pyrrole nitrogens is 1. The van der Waals surface area contributed by atoms with Gasteiger partial charge in [0.1, 0.15) is 34.8 Å². The number of aromatic amines is 1. The largest absolute Gasteiger partial charge is 0.497 e. The van der Waals surface area contributed by atoms with Crippen LogP contribution in [0, 0.1) is 0 Å².